The number of carboxylic acids is 1. The van der Waals surface area contributed by atoms with Crippen LogP contribution in [0.4, 0.5) is 0 Å². The molecule has 1 N–H and O–H groups in total. The standard InChI is InChI=1S/C11H6Br2O4/c12-6-1-2-8(7(13)5-6)16-10-4-3-9(17-10)11(14)15/h1-5H,(H,14,15). The zero-order valence-corrected chi connectivity index (χ0v) is 11.5. The lowest BCUT2D eigenvalue weighted by Gasteiger charge is -2.04. The average molecular weight is 362 g/mol. The highest BCUT2D eigenvalue weighted by Crippen LogP contribution is 2.32. The maximum absolute atomic E-state index is 10.6. The van der Waals surface area contributed by atoms with E-state index in [0.29, 0.717) is 5.75 Å². The van der Waals surface area contributed by atoms with Gasteiger partial charge in [-0.05, 0) is 40.2 Å². The maximum atomic E-state index is 10.6. The van der Waals surface area contributed by atoms with E-state index >= 15 is 0 Å². The van der Waals surface area contributed by atoms with E-state index in [-0.39, 0.29) is 11.7 Å². The highest BCUT2D eigenvalue weighted by Gasteiger charge is 2.11. The fraction of sp³-hybridized carbons (Fsp3) is 0. The van der Waals surface area contributed by atoms with Crippen LogP contribution in [0.15, 0.2) is 43.7 Å². The molecule has 0 bridgehead atoms. The fourth-order valence-corrected chi connectivity index (χ4v) is 2.28. The van der Waals surface area contributed by atoms with Crippen LogP contribution in [0.3, 0.4) is 0 Å². The molecule has 6 heteroatoms. The van der Waals surface area contributed by atoms with Gasteiger partial charge in [0, 0.05) is 10.5 Å². The van der Waals surface area contributed by atoms with E-state index in [9.17, 15) is 4.79 Å². The lowest BCUT2D eigenvalue weighted by atomic mass is 10.3. The Morgan fingerprint density at radius 1 is 1.24 bits per heavy atom. The zero-order chi connectivity index (χ0) is 12.4. The number of hydrogen-bond donors (Lipinski definition) is 1. The summed E-state index contributed by atoms with van der Waals surface area (Å²) in [6.45, 7) is 0. The lowest BCUT2D eigenvalue weighted by molar-refractivity contribution is 0.0657. The molecule has 0 aliphatic carbocycles. The van der Waals surface area contributed by atoms with Gasteiger partial charge in [-0.15, -0.1) is 0 Å². The summed E-state index contributed by atoms with van der Waals surface area (Å²) in [7, 11) is 0. The number of carboxylic acid groups (broad SMARTS) is 1. The number of ether oxygens (including phenoxy) is 1. The summed E-state index contributed by atoms with van der Waals surface area (Å²) in [6.07, 6.45) is 0. The van der Waals surface area contributed by atoms with Crippen LogP contribution in [0.2, 0.25) is 0 Å². The summed E-state index contributed by atoms with van der Waals surface area (Å²) in [4.78, 5) is 10.6. The Kier molecular flexibility index (Phi) is 3.54. The molecule has 2 rings (SSSR count). The van der Waals surface area contributed by atoms with Gasteiger partial charge in [0.1, 0.15) is 5.75 Å². The smallest absolute Gasteiger partial charge is 0.371 e. The van der Waals surface area contributed by atoms with Crippen LogP contribution in [-0.2, 0) is 0 Å². The van der Waals surface area contributed by atoms with Crippen molar-refractivity contribution in [3.63, 3.8) is 0 Å². The van der Waals surface area contributed by atoms with Crippen molar-refractivity contribution < 1.29 is 19.1 Å². The molecule has 0 saturated carbocycles. The predicted octanol–water partition coefficient (Wildman–Crippen LogP) is 4.30. The van der Waals surface area contributed by atoms with Gasteiger partial charge in [0.05, 0.1) is 4.47 Å². The van der Waals surface area contributed by atoms with Crippen molar-refractivity contribution in [2.75, 3.05) is 0 Å². The van der Waals surface area contributed by atoms with E-state index in [1.807, 2.05) is 6.07 Å². The average Bonchev–Trinajstić information content (AvgIpc) is 2.71. The van der Waals surface area contributed by atoms with Crippen molar-refractivity contribution in [3.8, 4) is 11.7 Å². The second-order valence-corrected chi connectivity index (χ2v) is 4.87. The molecule has 1 aromatic carbocycles. The molecule has 0 spiro atoms. The number of carbonyl (C=O) groups is 1. The van der Waals surface area contributed by atoms with Gasteiger partial charge in [-0.1, -0.05) is 15.9 Å². The first kappa shape index (κ1) is 12.2. The largest absolute Gasteiger partial charge is 0.475 e. The normalized spacial score (nSPS) is 10.2. The number of rotatable bonds is 3. The predicted molar refractivity (Wildman–Crippen MR) is 67.6 cm³/mol. The summed E-state index contributed by atoms with van der Waals surface area (Å²) < 4.78 is 12.0. The molecule has 0 aliphatic heterocycles. The SMILES string of the molecule is O=C(O)c1ccc(Oc2ccc(Br)cc2Br)o1. The quantitative estimate of drug-likeness (QED) is 0.885. The summed E-state index contributed by atoms with van der Waals surface area (Å²) in [6, 6.07) is 8.15. The zero-order valence-electron chi connectivity index (χ0n) is 8.31. The van der Waals surface area contributed by atoms with Crippen LogP contribution in [-0.4, -0.2) is 11.1 Å². The number of furan rings is 1. The third-order valence-corrected chi connectivity index (χ3v) is 3.01. The van der Waals surface area contributed by atoms with Gasteiger partial charge in [-0.25, -0.2) is 4.79 Å². The van der Waals surface area contributed by atoms with Crippen molar-refractivity contribution in [2.45, 2.75) is 0 Å². The molecule has 0 atom stereocenters. The molecule has 4 nitrogen and oxygen atoms in total. The number of halogens is 2. The Bertz CT molecular complexity index is 562. The summed E-state index contributed by atoms with van der Waals surface area (Å²) >= 11 is 6.65. The van der Waals surface area contributed by atoms with Gasteiger partial charge in [0.2, 0.25) is 5.76 Å². The lowest BCUT2D eigenvalue weighted by Crippen LogP contribution is -1.91. The van der Waals surface area contributed by atoms with E-state index in [1.165, 1.54) is 12.1 Å². The number of aromatic carboxylic acids is 1. The molecular formula is C11H6Br2O4. The first-order valence-corrected chi connectivity index (χ1v) is 6.11. The Hall–Kier alpha value is -1.27. The van der Waals surface area contributed by atoms with Gasteiger partial charge in [0.15, 0.2) is 0 Å². The van der Waals surface area contributed by atoms with Crippen molar-refractivity contribution in [1.29, 1.82) is 0 Å². The van der Waals surface area contributed by atoms with Crippen molar-refractivity contribution >= 4 is 37.8 Å². The van der Waals surface area contributed by atoms with Crippen LogP contribution < -0.4 is 4.74 Å². The van der Waals surface area contributed by atoms with Crippen LogP contribution in [0.5, 0.6) is 11.7 Å². The summed E-state index contributed by atoms with van der Waals surface area (Å²) in [5.41, 5.74) is 0. The molecule has 0 radical (unpaired) electrons. The third-order valence-electron chi connectivity index (χ3n) is 1.90. The fourth-order valence-electron chi connectivity index (χ4n) is 1.16. The minimum Gasteiger partial charge on any atom is -0.475 e. The van der Waals surface area contributed by atoms with Crippen LogP contribution in [0.25, 0.3) is 0 Å². The molecule has 88 valence electrons. The Morgan fingerprint density at radius 2 is 2.00 bits per heavy atom. The van der Waals surface area contributed by atoms with E-state index < -0.39 is 5.97 Å². The first-order valence-electron chi connectivity index (χ1n) is 4.52. The first-order chi connectivity index (χ1) is 8.06. The molecule has 0 saturated heterocycles. The summed E-state index contributed by atoms with van der Waals surface area (Å²) in [5, 5.41) is 8.69. The third kappa shape index (κ3) is 2.89. The highest BCUT2D eigenvalue weighted by atomic mass is 79.9. The molecule has 0 amide bonds. The second kappa shape index (κ2) is 4.93. The molecule has 0 aliphatic rings. The van der Waals surface area contributed by atoms with Crippen LogP contribution in [0.1, 0.15) is 10.6 Å². The number of benzene rings is 1. The van der Waals surface area contributed by atoms with Gasteiger partial charge < -0.3 is 14.3 Å². The van der Waals surface area contributed by atoms with Crippen molar-refractivity contribution in [2.24, 2.45) is 0 Å². The van der Waals surface area contributed by atoms with Gasteiger partial charge in [-0.2, -0.15) is 0 Å². The van der Waals surface area contributed by atoms with Gasteiger partial charge in [-0.3, -0.25) is 0 Å². The molecule has 2 aromatic rings. The molecular weight excluding hydrogens is 356 g/mol. The van der Waals surface area contributed by atoms with Crippen LogP contribution in [0, 0.1) is 0 Å². The Morgan fingerprint density at radius 3 is 2.59 bits per heavy atom. The minimum absolute atomic E-state index is 0.130. The molecule has 17 heavy (non-hydrogen) atoms. The van der Waals surface area contributed by atoms with E-state index in [0.717, 1.165) is 8.95 Å². The minimum atomic E-state index is -1.13. The maximum Gasteiger partial charge on any atom is 0.371 e. The Balaban J connectivity index is 2.22. The molecule has 0 fully saturated rings. The van der Waals surface area contributed by atoms with Crippen molar-refractivity contribution in [1.82, 2.24) is 0 Å². The molecule has 1 heterocycles. The Labute approximate surface area is 113 Å². The summed E-state index contributed by atoms with van der Waals surface area (Å²) in [5.74, 6) is -0.618. The monoisotopic (exact) mass is 360 g/mol. The van der Waals surface area contributed by atoms with Crippen molar-refractivity contribution in [3.05, 3.63) is 45.0 Å². The second-order valence-electron chi connectivity index (χ2n) is 3.10. The topological polar surface area (TPSA) is 59.7 Å². The van der Waals surface area contributed by atoms with E-state index in [2.05, 4.69) is 31.9 Å². The van der Waals surface area contributed by atoms with E-state index in [4.69, 9.17) is 14.3 Å². The van der Waals surface area contributed by atoms with Gasteiger partial charge >= 0.3 is 5.97 Å². The molecule has 1 aromatic heterocycles. The van der Waals surface area contributed by atoms with Gasteiger partial charge in [0.25, 0.3) is 5.95 Å². The van der Waals surface area contributed by atoms with Crippen LogP contribution >= 0.6 is 31.9 Å². The van der Waals surface area contributed by atoms with E-state index in [1.54, 1.807) is 12.1 Å². The highest BCUT2D eigenvalue weighted by molar-refractivity contribution is 9.11. The number of hydrogen-bond acceptors (Lipinski definition) is 3. The molecule has 0 unspecified atom stereocenters.